The van der Waals surface area contributed by atoms with Gasteiger partial charge in [-0.3, -0.25) is 0 Å². The van der Waals surface area contributed by atoms with Gasteiger partial charge in [0.2, 0.25) is 0 Å². The Balaban J connectivity index is 3.07. The van der Waals surface area contributed by atoms with Gasteiger partial charge in [-0.2, -0.15) is 0 Å². The van der Waals surface area contributed by atoms with Crippen LogP contribution in [0.5, 0.6) is 0 Å². The fourth-order valence-corrected chi connectivity index (χ4v) is 2.03. The third kappa shape index (κ3) is 13.9. The van der Waals surface area contributed by atoms with Crippen LogP contribution in [0.2, 0.25) is 0 Å². The zero-order valence-electron chi connectivity index (χ0n) is 12.5. The van der Waals surface area contributed by atoms with Gasteiger partial charge in [-0.15, -0.1) is 0 Å². The molecule has 0 saturated heterocycles. The first-order valence-corrected chi connectivity index (χ1v) is 7.43. The molecule has 0 spiro atoms. The standard InChI is InChI=1S/C15H33NO/c1-5-6-9-12-17-13-10-7-8-11-16(4)14-15(2)3/h15H,5-14H2,1-4H3. The molecule has 0 aromatic heterocycles. The van der Waals surface area contributed by atoms with Gasteiger partial charge in [0.25, 0.3) is 0 Å². The maximum Gasteiger partial charge on any atom is 0.0466 e. The molecular weight excluding hydrogens is 210 g/mol. The predicted molar refractivity (Wildman–Crippen MR) is 76.5 cm³/mol. The van der Waals surface area contributed by atoms with Gasteiger partial charge in [-0.25, -0.2) is 0 Å². The van der Waals surface area contributed by atoms with Gasteiger partial charge < -0.3 is 9.64 Å². The molecule has 0 saturated carbocycles. The monoisotopic (exact) mass is 243 g/mol. The molecule has 104 valence electrons. The van der Waals surface area contributed by atoms with E-state index in [1.54, 1.807) is 0 Å². The average molecular weight is 243 g/mol. The lowest BCUT2D eigenvalue weighted by atomic mass is 10.2. The molecular formula is C15H33NO. The van der Waals surface area contributed by atoms with E-state index in [0.717, 1.165) is 19.1 Å². The van der Waals surface area contributed by atoms with Gasteiger partial charge in [0.1, 0.15) is 0 Å². The molecule has 0 amide bonds. The summed E-state index contributed by atoms with van der Waals surface area (Å²) >= 11 is 0. The van der Waals surface area contributed by atoms with E-state index in [1.807, 2.05) is 0 Å². The smallest absolute Gasteiger partial charge is 0.0466 e. The van der Waals surface area contributed by atoms with E-state index < -0.39 is 0 Å². The Morgan fingerprint density at radius 3 is 2.18 bits per heavy atom. The van der Waals surface area contributed by atoms with Crippen LogP contribution < -0.4 is 0 Å². The Labute approximate surface area is 109 Å². The normalized spacial score (nSPS) is 11.6. The molecule has 0 heterocycles. The lowest BCUT2D eigenvalue weighted by molar-refractivity contribution is 0.125. The molecule has 0 unspecified atom stereocenters. The van der Waals surface area contributed by atoms with E-state index in [4.69, 9.17) is 4.74 Å². The van der Waals surface area contributed by atoms with Crippen LogP contribution >= 0.6 is 0 Å². The first-order chi connectivity index (χ1) is 8.16. The van der Waals surface area contributed by atoms with E-state index in [0.29, 0.717) is 0 Å². The van der Waals surface area contributed by atoms with Gasteiger partial charge in [0.15, 0.2) is 0 Å². The average Bonchev–Trinajstić information content (AvgIpc) is 2.26. The van der Waals surface area contributed by atoms with Crippen molar-refractivity contribution in [2.24, 2.45) is 5.92 Å². The third-order valence-electron chi connectivity index (χ3n) is 2.90. The maximum atomic E-state index is 5.59. The fourth-order valence-electron chi connectivity index (χ4n) is 2.03. The molecule has 2 nitrogen and oxygen atoms in total. The van der Waals surface area contributed by atoms with Crippen molar-refractivity contribution in [2.45, 2.75) is 59.3 Å². The predicted octanol–water partition coefficient (Wildman–Crippen LogP) is 3.95. The number of unbranched alkanes of at least 4 members (excludes halogenated alkanes) is 4. The number of ether oxygens (including phenoxy) is 1. The zero-order chi connectivity index (χ0) is 12.9. The summed E-state index contributed by atoms with van der Waals surface area (Å²) in [5.74, 6) is 0.780. The number of rotatable bonds is 12. The highest BCUT2D eigenvalue weighted by molar-refractivity contribution is 4.55. The SMILES string of the molecule is CCCCCOCCCCCN(C)CC(C)C. The van der Waals surface area contributed by atoms with Crippen LogP contribution in [0.15, 0.2) is 0 Å². The molecule has 0 aliphatic heterocycles. The highest BCUT2D eigenvalue weighted by Crippen LogP contribution is 2.02. The third-order valence-corrected chi connectivity index (χ3v) is 2.90. The Morgan fingerprint density at radius 1 is 0.941 bits per heavy atom. The van der Waals surface area contributed by atoms with Gasteiger partial charge in [0.05, 0.1) is 0 Å². The topological polar surface area (TPSA) is 12.5 Å². The molecule has 0 aliphatic carbocycles. The van der Waals surface area contributed by atoms with Gasteiger partial charge in [-0.05, 0) is 45.2 Å². The Kier molecular flexibility index (Phi) is 12.3. The molecule has 0 atom stereocenters. The van der Waals surface area contributed by atoms with Crippen molar-refractivity contribution >= 4 is 0 Å². The van der Waals surface area contributed by atoms with E-state index in [9.17, 15) is 0 Å². The number of hydrogen-bond donors (Lipinski definition) is 0. The van der Waals surface area contributed by atoms with Crippen LogP contribution in [0.4, 0.5) is 0 Å². The molecule has 0 bridgehead atoms. The van der Waals surface area contributed by atoms with E-state index in [2.05, 4.69) is 32.7 Å². The summed E-state index contributed by atoms with van der Waals surface area (Å²) < 4.78 is 5.59. The number of hydrogen-bond acceptors (Lipinski definition) is 2. The second-order valence-corrected chi connectivity index (χ2v) is 5.54. The first kappa shape index (κ1) is 16.9. The minimum absolute atomic E-state index is 0.780. The van der Waals surface area contributed by atoms with Crippen molar-refractivity contribution in [1.29, 1.82) is 0 Å². The van der Waals surface area contributed by atoms with Crippen LogP contribution in [-0.2, 0) is 4.74 Å². The van der Waals surface area contributed by atoms with Gasteiger partial charge >= 0.3 is 0 Å². The highest BCUT2D eigenvalue weighted by Gasteiger charge is 2.00. The summed E-state index contributed by atoms with van der Waals surface area (Å²) in [7, 11) is 2.22. The molecule has 0 aromatic rings. The summed E-state index contributed by atoms with van der Waals surface area (Å²) in [6, 6.07) is 0. The van der Waals surface area contributed by atoms with Crippen molar-refractivity contribution in [3.05, 3.63) is 0 Å². The Hall–Kier alpha value is -0.0800. The van der Waals surface area contributed by atoms with Crippen molar-refractivity contribution in [1.82, 2.24) is 4.90 Å². The van der Waals surface area contributed by atoms with Gasteiger partial charge in [0, 0.05) is 19.8 Å². The van der Waals surface area contributed by atoms with E-state index in [1.165, 1.54) is 51.6 Å². The van der Waals surface area contributed by atoms with Crippen LogP contribution in [0.1, 0.15) is 59.3 Å². The molecule has 0 N–H and O–H groups in total. The van der Waals surface area contributed by atoms with Crippen molar-refractivity contribution in [3.63, 3.8) is 0 Å². The van der Waals surface area contributed by atoms with Crippen molar-refractivity contribution in [3.8, 4) is 0 Å². The second kappa shape index (κ2) is 12.4. The summed E-state index contributed by atoms with van der Waals surface area (Å²) in [4.78, 5) is 2.44. The van der Waals surface area contributed by atoms with Crippen LogP contribution in [0.3, 0.4) is 0 Å². The van der Waals surface area contributed by atoms with Crippen LogP contribution in [-0.4, -0.2) is 38.3 Å². The van der Waals surface area contributed by atoms with Crippen molar-refractivity contribution < 1.29 is 4.74 Å². The van der Waals surface area contributed by atoms with E-state index in [-0.39, 0.29) is 0 Å². The van der Waals surface area contributed by atoms with Crippen molar-refractivity contribution in [2.75, 3.05) is 33.4 Å². The molecule has 0 radical (unpaired) electrons. The largest absolute Gasteiger partial charge is 0.381 e. The quantitative estimate of drug-likeness (QED) is 0.481. The number of nitrogens with zero attached hydrogens (tertiary/aromatic N) is 1. The maximum absolute atomic E-state index is 5.59. The molecule has 0 aromatic carbocycles. The molecule has 0 rings (SSSR count). The van der Waals surface area contributed by atoms with Gasteiger partial charge in [-0.1, -0.05) is 33.6 Å². The first-order valence-electron chi connectivity index (χ1n) is 7.43. The second-order valence-electron chi connectivity index (χ2n) is 5.54. The summed E-state index contributed by atoms with van der Waals surface area (Å²) in [6.07, 6.45) is 7.65. The highest BCUT2D eigenvalue weighted by atomic mass is 16.5. The molecule has 2 heteroatoms. The lowest BCUT2D eigenvalue weighted by Gasteiger charge is -2.18. The minimum Gasteiger partial charge on any atom is -0.381 e. The Bertz CT molecular complexity index is 148. The summed E-state index contributed by atoms with van der Waals surface area (Å²) in [5.41, 5.74) is 0. The summed E-state index contributed by atoms with van der Waals surface area (Å²) in [5, 5.41) is 0. The summed E-state index contributed by atoms with van der Waals surface area (Å²) in [6.45, 7) is 11.1. The lowest BCUT2D eigenvalue weighted by Crippen LogP contribution is -2.24. The Morgan fingerprint density at radius 2 is 1.59 bits per heavy atom. The van der Waals surface area contributed by atoms with E-state index >= 15 is 0 Å². The minimum atomic E-state index is 0.780. The molecule has 0 fully saturated rings. The fraction of sp³-hybridized carbons (Fsp3) is 1.00. The van der Waals surface area contributed by atoms with Crippen LogP contribution in [0.25, 0.3) is 0 Å². The molecule has 0 aliphatic rings. The van der Waals surface area contributed by atoms with Crippen LogP contribution in [0, 0.1) is 5.92 Å². The molecule has 17 heavy (non-hydrogen) atoms. The zero-order valence-corrected chi connectivity index (χ0v) is 12.5.